The summed E-state index contributed by atoms with van der Waals surface area (Å²) in [6, 6.07) is 0. The summed E-state index contributed by atoms with van der Waals surface area (Å²) >= 11 is 0. The van der Waals surface area contributed by atoms with Gasteiger partial charge in [-0.3, -0.25) is 14.4 Å². The van der Waals surface area contributed by atoms with E-state index in [1.54, 1.807) is 0 Å². The Hall–Kier alpha value is -1.87. The first-order valence-corrected chi connectivity index (χ1v) is 8.24. The number of alkyl halides is 4. The van der Waals surface area contributed by atoms with Gasteiger partial charge in [0.15, 0.2) is 0 Å². The summed E-state index contributed by atoms with van der Waals surface area (Å²) in [6.45, 7) is 0.357. The average Bonchev–Trinajstić information content (AvgIpc) is 3.08. The molecule has 0 radical (unpaired) electrons. The smallest absolute Gasteiger partial charge is 0.313 e. The third-order valence-corrected chi connectivity index (χ3v) is 5.42. The molecule has 0 aromatic heterocycles. The molecule has 3 aliphatic rings. The van der Waals surface area contributed by atoms with Crippen molar-refractivity contribution in [2.75, 3.05) is 6.61 Å². The Bertz CT molecular complexity index is 631. The molecular formula is C16H18F4O6. The Morgan fingerprint density at radius 1 is 1.23 bits per heavy atom. The van der Waals surface area contributed by atoms with Crippen LogP contribution in [0.15, 0.2) is 0 Å². The standard InChI is InChI=1S/C16H18F4O6/c1-6(21)25-11-7-5-8-10(14(23)26-12(8)11)9(7)13(22)24-4-3-16(19,20)15(2,17)18/h7-12H,3-5H2,1-2H3. The van der Waals surface area contributed by atoms with E-state index in [1.165, 1.54) is 6.92 Å². The average molecular weight is 382 g/mol. The van der Waals surface area contributed by atoms with E-state index in [0.29, 0.717) is 6.42 Å². The molecule has 2 saturated carbocycles. The number of fused-ring (bicyclic) bond motifs is 1. The predicted octanol–water partition coefficient (Wildman–Crippen LogP) is 1.95. The molecule has 146 valence electrons. The lowest BCUT2D eigenvalue weighted by Gasteiger charge is -2.30. The van der Waals surface area contributed by atoms with E-state index in [4.69, 9.17) is 14.2 Å². The minimum atomic E-state index is -4.32. The van der Waals surface area contributed by atoms with Gasteiger partial charge in [-0.05, 0) is 6.42 Å². The molecule has 2 bridgehead atoms. The van der Waals surface area contributed by atoms with Crippen molar-refractivity contribution in [3.8, 4) is 0 Å². The second-order valence-electron chi connectivity index (χ2n) is 7.10. The van der Waals surface area contributed by atoms with Gasteiger partial charge in [-0.15, -0.1) is 0 Å². The van der Waals surface area contributed by atoms with Gasteiger partial charge in [0.2, 0.25) is 0 Å². The molecule has 26 heavy (non-hydrogen) atoms. The van der Waals surface area contributed by atoms with E-state index in [9.17, 15) is 31.9 Å². The molecule has 2 aliphatic carbocycles. The van der Waals surface area contributed by atoms with Gasteiger partial charge >= 0.3 is 29.8 Å². The molecule has 0 amide bonds. The second-order valence-corrected chi connectivity index (χ2v) is 7.10. The van der Waals surface area contributed by atoms with Crippen molar-refractivity contribution in [2.24, 2.45) is 23.7 Å². The number of carbonyl (C=O) groups excluding carboxylic acids is 3. The number of hydrogen-bond donors (Lipinski definition) is 0. The van der Waals surface area contributed by atoms with E-state index in [-0.39, 0.29) is 12.8 Å². The van der Waals surface area contributed by atoms with Crippen molar-refractivity contribution in [3.63, 3.8) is 0 Å². The first kappa shape index (κ1) is 18.9. The maximum Gasteiger partial charge on any atom is 0.313 e. The van der Waals surface area contributed by atoms with Gasteiger partial charge in [0, 0.05) is 25.7 Å². The van der Waals surface area contributed by atoms with Crippen molar-refractivity contribution >= 4 is 17.9 Å². The van der Waals surface area contributed by atoms with Gasteiger partial charge < -0.3 is 14.2 Å². The van der Waals surface area contributed by atoms with E-state index < -0.39 is 72.7 Å². The molecule has 3 rings (SSSR count). The zero-order valence-corrected chi connectivity index (χ0v) is 14.0. The fourth-order valence-corrected chi connectivity index (χ4v) is 4.26. The number of carbonyl (C=O) groups is 3. The lowest BCUT2D eigenvalue weighted by atomic mass is 9.78. The topological polar surface area (TPSA) is 78.9 Å². The molecule has 6 atom stereocenters. The van der Waals surface area contributed by atoms with Crippen molar-refractivity contribution in [3.05, 3.63) is 0 Å². The van der Waals surface area contributed by atoms with Crippen LogP contribution in [0.3, 0.4) is 0 Å². The molecule has 6 nitrogen and oxygen atoms in total. The fourth-order valence-electron chi connectivity index (χ4n) is 4.26. The van der Waals surface area contributed by atoms with Crippen LogP contribution in [0.4, 0.5) is 17.6 Å². The number of rotatable bonds is 6. The Labute approximate surface area is 146 Å². The number of halogens is 4. The van der Waals surface area contributed by atoms with Crippen LogP contribution in [-0.4, -0.2) is 48.6 Å². The molecule has 6 unspecified atom stereocenters. The lowest BCUT2D eigenvalue weighted by molar-refractivity contribution is -0.207. The summed E-state index contributed by atoms with van der Waals surface area (Å²) in [6.07, 6.45) is -2.34. The largest absolute Gasteiger partial charge is 0.465 e. The third kappa shape index (κ3) is 2.92. The summed E-state index contributed by atoms with van der Waals surface area (Å²) < 4.78 is 67.2. The first-order valence-electron chi connectivity index (χ1n) is 8.24. The van der Waals surface area contributed by atoms with E-state index in [2.05, 4.69) is 0 Å². The Morgan fingerprint density at radius 2 is 1.88 bits per heavy atom. The van der Waals surface area contributed by atoms with Crippen LogP contribution < -0.4 is 0 Å². The molecule has 10 heteroatoms. The molecule has 1 aliphatic heterocycles. The Kier molecular flexibility index (Phi) is 4.43. The highest BCUT2D eigenvalue weighted by molar-refractivity contribution is 5.86. The Morgan fingerprint density at radius 3 is 2.46 bits per heavy atom. The number of ether oxygens (including phenoxy) is 3. The highest BCUT2D eigenvalue weighted by atomic mass is 19.3. The van der Waals surface area contributed by atoms with E-state index in [1.807, 2.05) is 0 Å². The molecule has 0 aromatic carbocycles. The minimum absolute atomic E-state index is 0.0864. The van der Waals surface area contributed by atoms with E-state index >= 15 is 0 Å². The highest BCUT2D eigenvalue weighted by Gasteiger charge is 2.70. The third-order valence-electron chi connectivity index (χ3n) is 5.42. The van der Waals surface area contributed by atoms with Gasteiger partial charge in [-0.1, -0.05) is 0 Å². The van der Waals surface area contributed by atoms with Gasteiger partial charge in [-0.25, -0.2) is 8.78 Å². The number of esters is 3. The zero-order chi connectivity index (χ0) is 19.4. The summed E-state index contributed by atoms with van der Waals surface area (Å²) in [5, 5.41) is 0. The van der Waals surface area contributed by atoms with Gasteiger partial charge in [0.05, 0.1) is 24.9 Å². The second kappa shape index (κ2) is 6.09. The van der Waals surface area contributed by atoms with Gasteiger partial charge in [0.1, 0.15) is 12.2 Å². The van der Waals surface area contributed by atoms with Crippen molar-refractivity contribution in [1.29, 1.82) is 0 Å². The van der Waals surface area contributed by atoms with Crippen LogP contribution in [0.2, 0.25) is 0 Å². The molecule has 1 saturated heterocycles. The van der Waals surface area contributed by atoms with Crippen molar-refractivity contribution < 1.29 is 46.2 Å². The fraction of sp³-hybridized carbons (Fsp3) is 0.812. The van der Waals surface area contributed by atoms with Crippen LogP contribution in [0, 0.1) is 23.7 Å². The number of hydrogen-bond acceptors (Lipinski definition) is 6. The quantitative estimate of drug-likeness (QED) is 0.397. The Balaban J connectivity index is 1.66. The maximum atomic E-state index is 13.3. The summed E-state index contributed by atoms with van der Waals surface area (Å²) in [5.74, 6) is -13.3. The monoisotopic (exact) mass is 382 g/mol. The lowest BCUT2D eigenvalue weighted by Crippen LogP contribution is -2.44. The SMILES string of the molecule is CC(=O)OC1C2CC3C1OC(=O)C3C2C(=O)OCCC(F)(F)C(C)(F)F. The molecule has 3 fully saturated rings. The van der Waals surface area contributed by atoms with Crippen molar-refractivity contribution in [1.82, 2.24) is 0 Å². The molecule has 0 N–H and O–H groups in total. The summed E-state index contributed by atoms with van der Waals surface area (Å²) in [5.41, 5.74) is 0. The van der Waals surface area contributed by atoms with Crippen LogP contribution in [0.25, 0.3) is 0 Å². The summed E-state index contributed by atoms with van der Waals surface area (Å²) in [4.78, 5) is 35.6. The van der Waals surface area contributed by atoms with Crippen LogP contribution in [0.5, 0.6) is 0 Å². The first-order chi connectivity index (χ1) is 11.9. The molecule has 0 spiro atoms. The molecule has 1 heterocycles. The summed E-state index contributed by atoms with van der Waals surface area (Å²) in [7, 11) is 0. The predicted molar refractivity (Wildman–Crippen MR) is 75.2 cm³/mol. The van der Waals surface area contributed by atoms with Crippen molar-refractivity contribution in [2.45, 2.75) is 50.7 Å². The normalized spacial score (nSPS) is 35.4. The zero-order valence-electron chi connectivity index (χ0n) is 14.0. The van der Waals surface area contributed by atoms with Gasteiger partial charge in [0.25, 0.3) is 0 Å². The highest BCUT2D eigenvalue weighted by Crippen LogP contribution is 2.59. The maximum absolute atomic E-state index is 13.3. The van der Waals surface area contributed by atoms with E-state index in [0.717, 1.165) is 0 Å². The molecular weight excluding hydrogens is 364 g/mol. The van der Waals surface area contributed by atoms with Crippen LogP contribution in [0.1, 0.15) is 26.7 Å². The van der Waals surface area contributed by atoms with Gasteiger partial charge in [-0.2, -0.15) is 8.78 Å². The molecule has 0 aromatic rings. The van der Waals surface area contributed by atoms with Crippen LogP contribution in [-0.2, 0) is 28.6 Å². The minimum Gasteiger partial charge on any atom is -0.465 e. The van der Waals surface area contributed by atoms with Crippen LogP contribution >= 0.6 is 0 Å².